The lowest BCUT2D eigenvalue weighted by Crippen LogP contribution is -2.53. The number of carbonyl (C=O) groups is 1. The van der Waals surface area contributed by atoms with Gasteiger partial charge in [-0.25, -0.2) is 4.79 Å². The smallest absolute Gasteiger partial charge is 0.331 e. The Balaban J connectivity index is 1.15. The van der Waals surface area contributed by atoms with Crippen molar-refractivity contribution in [2.45, 2.75) is 101 Å². The molecule has 0 bridgehead atoms. The molecule has 0 radical (unpaired) electrons. The lowest BCUT2D eigenvalue weighted by atomic mass is 9.59. The average molecular weight is 673 g/mol. The van der Waals surface area contributed by atoms with Crippen LogP contribution < -0.4 is 10.1 Å². The lowest BCUT2D eigenvalue weighted by molar-refractivity contribution is -0.183. The van der Waals surface area contributed by atoms with Crippen LogP contribution in [0.25, 0.3) is 0 Å². The average Bonchev–Trinajstić information content (AvgIpc) is 3.39. The highest BCUT2D eigenvalue weighted by Crippen LogP contribution is 2.57. The van der Waals surface area contributed by atoms with Crippen molar-refractivity contribution in [2.75, 3.05) is 32.2 Å². The molecule has 0 unspecified atom stereocenters. The number of rotatable bonds is 9. The number of aryl methyl sites for hydroxylation is 1. The van der Waals surface area contributed by atoms with E-state index >= 15 is 0 Å². The fraction of sp³-hybridized carbons (Fsp3) is 0.550. The van der Waals surface area contributed by atoms with Gasteiger partial charge in [-0.1, -0.05) is 43.6 Å². The van der Waals surface area contributed by atoms with Crippen LogP contribution in [0.4, 0.5) is 5.69 Å². The van der Waals surface area contributed by atoms with E-state index < -0.39 is 5.54 Å². The molecule has 1 aliphatic heterocycles. The second kappa shape index (κ2) is 14.0. The standard InChI is InChI=1S/C40H49ClN2O5/c1-26(25-48-35-13-18-42-34-10-4-7-27(2)36(34)35)21-30-22-28-11-12-29(37-46-19-6-20-47-37)23-33(28)39(30)14-16-40(17-15-39,38(44)45-3)43-32-9-5-8-31(41)24-32/h5,8-9,11-13,18,23-24,26-27,30,37,43H,4,6-7,10,14-17,19-22,25H2,1-3H3/t26-,27-,30-,39?,40?/m1/s1. The minimum absolute atomic E-state index is 0.0772. The molecule has 2 fully saturated rings. The normalized spacial score (nSPS) is 27.6. The number of hydrogen-bond acceptors (Lipinski definition) is 7. The van der Waals surface area contributed by atoms with E-state index in [1.54, 1.807) is 0 Å². The summed E-state index contributed by atoms with van der Waals surface area (Å²) in [6.45, 7) is 6.72. The van der Waals surface area contributed by atoms with Gasteiger partial charge in [0.05, 0.1) is 26.9 Å². The first-order valence-electron chi connectivity index (χ1n) is 17.9. The maximum absolute atomic E-state index is 13.5. The molecule has 1 spiro atoms. The molecule has 0 amide bonds. The number of hydrogen-bond donors (Lipinski definition) is 1. The molecule has 2 heterocycles. The largest absolute Gasteiger partial charge is 0.493 e. The molecule has 3 atom stereocenters. The first kappa shape index (κ1) is 33.4. The summed E-state index contributed by atoms with van der Waals surface area (Å²) in [6, 6.07) is 16.5. The van der Waals surface area contributed by atoms with E-state index in [4.69, 9.17) is 30.5 Å². The molecule has 7 nitrogen and oxygen atoms in total. The van der Waals surface area contributed by atoms with Gasteiger partial charge in [0, 0.05) is 33.7 Å². The van der Waals surface area contributed by atoms with Crippen LogP contribution in [0.3, 0.4) is 0 Å². The number of ether oxygens (including phenoxy) is 4. The third kappa shape index (κ3) is 6.46. The van der Waals surface area contributed by atoms with Crippen LogP contribution in [-0.2, 0) is 37.3 Å². The third-order valence-corrected chi connectivity index (χ3v) is 11.8. The Morgan fingerprint density at radius 1 is 1.08 bits per heavy atom. The number of fused-ring (bicyclic) bond motifs is 3. The van der Waals surface area contributed by atoms with E-state index in [1.165, 1.54) is 42.3 Å². The van der Waals surface area contributed by atoms with Gasteiger partial charge in [0.25, 0.3) is 0 Å². The summed E-state index contributed by atoms with van der Waals surface area (Å²) in [4.78, 5) is 18.2. The van der Waals surface area contributed by atoms with Crippen LogP contribution in [0.5, 0.6) is 5.75 Å². The summed E-state index contributed by atoms with van der Waals surface area (Å²) >= 11 is 6.34. The fourth-order valence-corrected chi connectivity index (χ4v) is 9.32. The lowest BCUT2D eigenvalue weighted by Gasteiger charge is -2.48. The fourth-order valence-electron chi connectivity index (χ4n) is 9.13. The maximum Gasteiger partial charge on any atom is 0.331 e. The Morgan fingerprint density at radius 2 is 1.90 bits per heavy atom. The molecule has 1 saturated heterocycles. The summed E-state index contributed by atoms with van der Waals surface area (Å²) in [5, 5.41) is 4.21. The number of benzene rings is 2. The first-order chi connectivity index (χ1) is 23.3. The number of esters is 1. The van der Waals surface area contributed by atoms with Gasteiger partial charge < -0.3 is 24.3 Å². The van der Waals surface area contributed by atoms with Crippen LogP contribution in [0, 0.1) is 11.8 Å². The number of halogens is 1. The summed E-state index contributed by atoms with van der Waals surface area (Å²) in [5.74, 6) is 2.03. The van der Waals surface area contributed by atoms with Gasteiger partial charge in [-0.15, -0.1) is 0 Å². The molecule has 8 heteroatoms. The van der Waals surface area contributed by atoms with Crippen molar-refractivity contribution in [3.05, 3.63) is 87.7 Å². The van der Waals surface area contributed by atoms with Crippen LogP contribution in [-0.4, -0.2) is 43.4 Å². The second-order valence-corrected chi connectivity index (χ2v) is 15.2. The molecule has 1 N–H and O–H groups in total. The molecular weight excluding hydrogens is 624 g/mol. The quantitative estimate of drug-likeness (QED) is 0.228. The molecule has 4 aliphatic rings. The molecule has 7 rings (SSSR count). The van der Waals surface area contributed by atoms with Gasteiger partial charge >= 0.3 is 5.97 Å². The van der Waals surface area contributed by atoms with Crippen molar-refractivity contribution in [1.29, 1.82) is 0 Å². The summed E-state index contributed by atoms with van der Waals surface area (Å²) in [5.41, 5.74) is 6.32. The molecule has 3 aliphatic carbocycles. The Labute approximate surface area is 290 Å². The number of carbonyl (C=O) groups excluding carboxylic acids is 1. The minimum atomic E-state index is -0.822. The minimum Gasteiger partial charge on any atom is -0.493 e. The second-order valence-electron chi connectivity index (χ2n) is 14.7. The van der Waals surface area contributed by atoms with E-state index in [0.717, 1.165) is 55.5 Å². The van der Waals surface area contributed by atoms with Crippen LogP contribution in [0.2, 0.25) is 5.02 Å². The van der Waals surface area contributed by atoms with Crippen molar-refractivity contribution in [3.8, 4) is 5.75 Å². The first-order valence-corrected chi connectivity index (χ1v) is 18.3. The zero-order chi connectivity index (χ0) is 33.3. The van der Waals surface area contributed by atoms with Crippen LogP contribution in [0.15, 0.2) is 54.7 Å². The van der Waals surface area contributed by atoms with Crippen LogP contribution >= 0.6 is 11.6 Å². The molecule has 256 valence electrons. The van der Waals surface area contributed by atoms with Gasteiger partial charge in [0.1, 0.15) is 11.3 Å². The highest BCUT2D eigenvalue weighted by molar-refractivity contribution is 6.30. The molecule has 1 saturated carbocycles. The Hall–Kier alpha value is -3.13. The summed E-state index contributed by atoms with van der Waals surface area (Å²) in [7, 11) is 1.49. The summed E-state index contributed by atoms with van der Waals surface area (Å²) < 4.78 is 24.1. The van der Waals surface area contributed by atoms with E-state index in [-0.39, 0.29) is 17.7 Å². The summed E-state index contributed by atoms with van der Waals surface area (Å²) in [6.07, 6.45) is 11.0. The number of aromatic nitrogens is 1. The number of anilines is 1. The maximum atomic E-state index is 13.5. The van der Waals surface area contributed by atoms with E-state index in [0.29, 0.717) is 55.4 Å². The van der Waals surface area contributed by atoms with Crippen molar-refractivity contribution in [3.63, 3.8) is 0 Å². The zero-order valence-electron chi connectivity index (χ0n) is 28.6. The van der Waals surface area contributed by atoms with Gasteiger partial charge in [0.15, 0.2) is 6.29 Å². The molecule has 2 aromatic carbocycles. The number of methoxy groups -OCH3 is 1. The highest BCUT2D eigenvalue weighted by Gasteiger charge is 2.54. The predicted octanol–water partition coefficient (Wildman–Crippen LogP) is 8.72. The number of pyridine rings is 1. The zero-order valence-corrected chi connectivity index (χ0v) is 29.3. The topological polar surface area (TPSA) is 78.9 Å². The van der Waals surface area contributed by atoms with Gasteiger partial charge in [0.2, 0.25) is 0 Å². The number of nitrogens with zero attached hydrogens (tertiary/aromatic N) is 1. The van der Waals surface area contributed by atoms with Gasteiger partial charge in [-0.2, -0.15) is 0 Å². The Morgan fingerprint density at radius 3 is 2.67 bits per heavy atom. The van der Waals surface area contributed by atoms with Gasteiger partial charge in [-0.3, -0.25) is 4.98 Å². The predicted molar refractivity (Wildman–Crippen MR) is 188 cm³/mol. The third-order valence-electron chi connectivity index (χ3n) is 11.6. The van der Waals surface area contributed by atoms with Crippen molar-refractivity contribution in [1.82, 2.24) is 4.98 Å². The highest BCUT2D eigenvalue weighted by atomic mass is 35.5. The number of nitrogens with one attached hydrogen (secondary N) is 1. The van der Waals surface area contributed by atoms with E-state index in [1.807, 2.05) is 30.5 Å². The monoisotopic (exact) mass is 672 g/mol. The van der Waals surface area contributed by atoms with Crippen LogP contribution in [0.1, 0.15) is 105 Å². The molecule has 3 aromatic rings. The molecule has 1 aromatic heterocycles. The van der Waals surface area contributed by atoms with E-state index in [2.05, 4.69) is 48.4 Å². The van der Waals surface area contributed by atoms with E-state index in [9.17, 15) is 4.79 Å². The molecular formula is C40H49ClN2O5. The molecule has 48 heavy (non-hydrogen) atoms. The Kier molecular flexibility index (Phi) is 9.74. The Bertz CT molecular complexity index is 1610. The van der Waals surface area contributed by atoms with Crippen molar-refractivity contribution >= 4 is 23.3 Å². The van der Waals surface area contributed by atoms with Gasteiger partial charge in [-0.05, 0) is 129 Å². The SMILES string of the molecule is COC(=O)C1(Nc2cccc(Cl)c2)CCC2(CC1)c1cc(C3OCCCO3)ccc1C[C@H]2C[C@@H](C)COc1ccnc2c1[C@H](C)CCC2. The van der Waals surface area contributed by atoms with Crippen molar-refractivity contribution < 1.29 is 23.7 Å². The van der Waals surface area contributed by atoms with Crippen molar-refractivity contribution in [2.24, 2.45) is 11.8 Å².